The Morgan fingerprint density at radius 2 is 2.16 bits per heavy atom. The lowest BCUT2D eigenvalue weighted by atomic mass is 10.2. The summed E-state index contributed by atoms with van der Waals surface area (Å²) in [5.74, 6) is 0.632. The van der Waals surface area contributed by atoms with Crippen molar-refractivity contribution in [1.82, 2.24) is 15.2 Å². The summed E-state index contributed by atoms with van der Waals surface area (Å²) >= 11 is 4.63. The summed E-state index contributed by atoms with van der Waals surface area (Å²) in [5, 5.41) is 7.44. The van der Waals surface area contributed by atoms with E-state index in [1.165, 1.54) is 11.8 Å². The second-order valence-corrected chi connectivity index (χ2v) is 5.43. The number of thioether (sulfide) groups is 1. The van der Waals surface area contributed by atoms with Gasteiger partial charge in [0.05, 0.1) is 12.4 Å². The van der Waals surface area contributed by atoms with Crippen molar-refractivity contribution in [1.29, 1.82) is 0 Å². The number of hydrogen-bond donors (Lipinski definition) is 1. The zero-order chi connectivity index (χ0) is 13.7. The van der Waals surface area contributed by atoms with Gasteiger partial charge in [0.15, 0.2) is 5.82 Å². The minimum atomic E-state index is -0.262. The summed E-state index contributed by atoms with van der Waals surface area (Å²) in [4.78, 5) is 15.5. The van der Waals surface area contributed by atoms with Gasteiger partial charge in [0, 0.05) is 10.0 Å². The summed E-state index contributed by atoms with van der Waals surface area (Å²) in [5.41, 5.74) is 0.943. The molecule has 0 unspecified atom stereocenters. The Kier molecular flexibility index (Phi) is 4.98. The molecule has 0 saturated heterocycles. The quantitative estimate of drug-likeness (QED) is 0.668. The molecule has 2 rings (SSSR count). The summed E-state index contributed by atoms with van der Waals surface area (Å²) in [6, 6.07) is 7.74. The Balaban J connectivity index is 1.99. The number of ether oxygens (including phenoxy) is 1. The van der Waals surface area contributed by atoms with E-state index in [1.54, 1.807) is 6.92 Å². The Labute approximate surface area is 123 Å². The van der Waals surface area contributed by atoms with E-state index in [0.717, 1.165) is 10.0 Å². The van der Waals surface area contributed by atoms with Crippen molar-refractivity contribution in [2.75, 3.05) is 12.4 Å². The molecule has 19 heavy (non-hydrogen) atoms. The summed E-state index contributed by atoms with van der Waals surface area (Å²) in [6.45, 7) is 2.17. The molecule has 0 amide bonds. The summed E-state index contributed by atoms with van der Waals surface area (Å²) in [6.07, 6.45) is 0. The van der Waals surface area contributed by atoms with Gasteiger partial charge in [-0.05, 0) is 19.1 Å². The van der Waals surface area contributed by atoms with Gasteiger partial charge in [0.2, 0.25) is 5.16 Å². The van der Waals surface area contributed by atoms with Gasteiger partial charge in [-0.15, -0.1) is 5.10 Å². The molecule has 100 valence electrons. The van der Waals surface area contributed by atoms with Gasteiger partial charge in [-0.1, -0.05) is 39.8 Å². The molecule has 1 N–H and O–H groups in total. The average Bonchev–Trinajstić information content (AvgIpc) is 2.86. The number of H-pyrrole nitrogens is 1. The van der Waals surface area contributed by atoms with E-state index in [1.807, 2.05) is 24.3 Å². The Morgan fingerprint density at radius 3 is 2.84 bits per heavy atom. The van der Waals surface area contributed by atoms with Crippen LogP contribution in [0.1, 0.15) is 6.92 Å². The Morgan fingerprint density at radius 1 is 1.42 bits per heavy atom. The lowest BCUT2D eigenvalue weighted by Crippen LogP contribution is -2.06. The fourth-order valence-electron chi connectivity index (χ4n) is 1.37. The first-order valence-corrected chi connectivity index (χ1v) is 7.43. The molecule has 0 saturated carbocycles. The second-order valence-electron chi connectivity index (χ2n) is 3.57. The van der Waals surface area contributed by atoms with E-state index in [0.29, 0.717) is 17.6 Å². The number of esters is 1. The third kappa shape index (κ3) is 4.07. The van der Waals surface area contributed by atoms with Gasteiger partial charge in [0.1, 0.15) is 0 Å². The maximum atomic E-state index is 11.2. The highest BCUT2D eigenvalue weighted by Crippen LogP contribution is 2.21. The number of carbonyl (C=O) groups is 1. The number of hydrogen-bond acceptors (Lipinski definition) is 5. The molecule has 7 heteroatoms. The zero-order valence-electron chi connectivity index (χ0n) is 10.2. The average molecular weight is 342 g/mol. The smallest absolute Gasteiger partial charge is 0.316 e. The van der Waals surface area contributed by atoms with Crippen LogP contribution in [0.15, 0.2) is 33.9 Å². The van der Waals surface area contributed by atoms with Crippen LogP contribution in [0.2, 0.25) is 0 Å². The third-order valence-corrected chi connectivity index (χ3v) is 3.56. The molecule has 0 radical (unpaired) electrons. The first kappa shape index (κ1) is 14.1. The van der Waals surface area contributed by atoms with Crippen molar-refractivity contribution in [3.05, 3.63) is 28.7 Å². The molecule has 0 aliphatic carbocycles. The maximum absolute atomic E-state index is 11.2. The largest absolute Gasteiger partial charge is 0.465 e. The fourth-order valence-corrected chi connectivity index (χ4v) is 2.23. The van der Waals surface area contributed by atoms with Crippen molar-refractivity contribution in [3.8, 4) is 11.4 Å². The topological polar surface area (TPSA) is 67.9 Å². The SMILES string of the molecule is CCOC(=O)CSc1n[nH]c(-c2ccc(Br)cc2)n1. The first-order valence-electron chi connectivity index (χ1n) is 5.66. The lowest BCUT2D eigenvalue weighted by molar-refractivity contribution is -0.139. The van der Waals surface area contributed by atoms with Crippen LogP contribution in [0, 0.1) is 0 Å². The van der Waals surface area contributed by atoms with Gasteiger partial charge >= 0.3 is 5.97 Å². The van der Waals surface area contributed by atoms with Gasteiger partial charge < -0.3 is 4.74 Å². The summed E-state index contributed by atoms with van der Waals surface area (Å²) in [7, 11) is 0. The molecule has 1 aromatic carbocycles. The van der Waals surface area contributed by atoms with Gasteiger partial charge in [-0.3, -0.25) is 9.89 Å². The summed E-state index contributed by atoms with van der Waals surface area (Å²) < 4.78 is 5.84. The number of rotatable bonds is 5. The monoisotopic (exact) mass is 341 g/mol. The molecule has 5 nitrogen and oxygen atoms in total. The first-order chi connectivity index (χ1) is 9.19. The molecule has 2 aromatic rings. The molecule has 0 fully saturated rings. The van der Waals surface area contributed by atoms with Crippen LogP contribution in [-0.4, -0.2) is 33.5 Å². The number of aromatic nitrogens is 3. The van der Waals surface area contributed by atoms with Crippen molar-refractivity contribution < 1.29 is 9.53 Å². The standard InChI is InChI=1S/C12H12BrN3O2S/c1-2-18-10(17)7-19-12-14-11(15-16-12)8-3-5-9(13)6-4-8/h3-6H,2,7H2,1H3,(H,14,15,16). The normalized spacial score (nSPS) is 10.4. The van der Waals surface area contributed by atoms with E-state index >= 15 is 0 Å². The Bertz CT molecular complexity index is 556. The van der Waals surface area contributed by atoms with Crippen molar-refractivity contribution >= 4 is 33.7 Å². The Hall–Kier alpha value is -1.34. The molecular weight excluding hydrogens is 330 g/mol. The van der Waals surface area contributed by atoms with Crippen LogP contribution >= 0.6 is 27.7 Å². The van der Waals surface area contributed by atoms with E-state index < -0.39 is 0 Å². The fraction of sp³-hybridized carbons (Fsp3) is 0.250. The number of halogens is 1. The van der Waals surface area contributed by atoms with E-state index in [9.17, 15) is 4.79 Å². The molecular formula is C12H12BrN3O2S. The van der Waals surface area contributed by atoms with Crippen molar-refractivity contribution in [2.45, 2.75) is 12.1 Å². The van der Waals surface area contributed by atoms with Crippen LogP contribution in [0.25, 0.3) is 11.4 Å². The molecule has 1 aromatic heterocycles. The van der Waals surface area contributed by atoms with Gasteiger partial charge in [0.25, 0.3) is 0 Å². The van der Waals surface area contributed by atoms with Crippen LogP contribution in [0.3, 0.4) is 0 Å². The molecule has 1 heterocycles. The second kappa shape index (κ2) is 6.72. The highest BCUT2D eigenvalue weighted by atomic mass is 79.9. The van der Waals surface area contributed by atoms with Crippen molar-refractivity contribution in [3.63, 3.8) is 0 Å². The van der Waals surface area contributed by atoms with E-state index in [4.69, 9.17) is 4.74 Å². The minimum Gasteiger partial charge on any atom is -0.465 e. The predicted octanol–water partition coefficient (Wildman–Crippen LogP) is 2.89. The van der Waals surface area contributed by atoms with Gasteiger partial charge in [-0.2, -0.15) is 0 Å². The van der Waals surface area contributed by atoms with Crippen LogP contribution in [0.5, 0.6) is 0 Å². The highest BCUT2D eigenvalue weighted by Gasteiger charge is 2.09. The molecule has 0 spiro atoms. The highest BCUT2D eigenvalue weighted by molar-refractivity contribution is 9.10. The third-order valence-electron chi connectivity index (χ3n) is 2.21. The lowest BCUT2D eigenvalue weighted by Gasteiger charge is -1.98. The molecule has 0 aliphatic heterocycles. The zero-order valence-corrected chi connectivity index (χ0v) is 12.6. The number of benzene rings is 1. The predicted molar refractivity (Wildman–Crippen MR) is 76.9 cm³/mol. The number of nitrogens with one attached hydrogen (secondary N) is 1. The molecule has 0 aliphatic rings. The van der Waals surface area contributed by atoms with Crippen molar-refractivity contribution in [2.24, 2.45) is 0 Å². The van der Waals surface area contributed by atoms with Crippen LogP contribution in [0.4, 0.5) is 0 Å². The number of carbonyl (C=O) groups excluding carboxylic acids is 1. The van der Waals surface area contributed by atoms with Crippen LogP contribution < -0.4 is 0 Å². The molecule has 0 atom stereocenters. The van der Waals surface area contributed by atoms with E-state index in [-0.39, 0.29) is 11.7 Å². The number of nitrogens with zero attached hydrogens (tertiary/aromatic N) is 2. The van der Waals surface area contributed by atoms with Crippen LogP contribution in [-0.2, 0) is 9.53 Å². The maximum Gasteiger partial charge on any atom is 0.316 e. The molecule has 0 bridgehead atoms. The minimum absolute atomic E-state index is 0.214. The van der Waals surface area contributed by atoms with E-state index in [2.05, 4.69) is 31.1 Å². The number of aromatic amines is 1. The van der Waals surface area contributed by atoms with Gasteiger partial charge in [-0.25, -0.2) is 4.98 Å².